The van der Waals surface area contributed by atoms with Gasteiger partial charge in [0, 0.05) is 12.6 Å². The van der Waals surface area contributed by atoms with Crippen molar-refractivity contribution in [2.24, 2.45) is 5.92 Å². The number of hydrogen-bond donors (Lipinski definition) is 1. The molecule has 1 heterocycles. The zero-order valence-corrected chi connectivity index (χ0v) is 19.4. The zero-order chi connectivity index (χ0) is 24.1. The van der Waals surface area contributed by atoms with E-state index in [1.54, 1.807) is 18.2 Å². The summed E-state index contributed by atoms with van der Waals surface area (Å²) < 4.78 is 12.6. The average Bonchev–Trinajstić information content (AvgIpc) is 2.81. The van der Waals surface area contributed by atoms with Crippen LogP contribution in [0.2, 0.25) is 0 Å². The minimum Gasteiger partial charge on any atom is -0.493 e. The molecule has 0 aliphatic carbocycles. The molecule has 0 spiro atoms. The SMILES string of the molecule is COc1ccc(-n2nc(C(=O)NCC(C)C)c(=O)n(Cc3ccc(C)cc3)c2=O)cc1OC. The summed E-state index contributed by atoms with van der Waals surface area (Å²) in [5, 5.41) is 6.83. The van der Waals surface area contributed by atoms with Gasteiger partial charge >= 0.3 is 5.69 Å². The Bertz CT molecular complexity index is 1260. The fourth-order valence-corrected chi connectivity index (χ4v) is 3.18. The maximum atomic E-state index is 13.3. The maximum Gasteiger partial charge on any atom is 0.352 e. The van der Waals surface area contributed by atoms with E-state index < -0.39 is 17.2 Å². The van der Waals surface area contributed by atoms with Crippen molar-refractivity contribution in [1.82, 2.24) is 19.7 Å². The fourth-order valence-electron chi connectivity index (χ4n) is 3.18. The highest BCUT2D eigenvalue weighted by Crippen LogP contribution is 2.28. The van der Waals surface area contributed by atoms with Gasteiger partial charge in [0.05, 0.1) is 26.5 Å². The summed E-state index contributed by atoms with van der Waals surface area (Å²) >= 11 is 0. The molecule has 2 aromatic carbocycles. The van der Waals surface area contributed by atoms with Gasteiger partial charge in [0.2, 0.25) is 5.69 Å². The molecule has 0 atom stereocenters. The Morgan fingerprint density at radius 2 is 1.70 bits per heavy atom. The van der Waals surface area contributed by atoms with Crippen LogP contribution >= 0.6 is 0 Å². The second kappa shape index (κ2) is 10.2. The van der Waals surface area contributed by atoms with Crippen molar-refractivity contribution in [3.63, 3.8) is 0 Å². The third kappa shape index (κ3) is 5.31. The summed E-state index contributed by atoms with van der Waals surface area (Å²) in [5.74, 6) is 0.393. The van der Waals surface area contributed by atoms with Crippen molar-refractivity contribution >= 4 is 5.91 Å². The van der Waals surface area contributed by atoms with E-state index in [0.29, 0.717) is 23.7 Å². The zero-order valence-electron chi connectivity index (χ0n) is 19.4. The number of aromatic nitrogens is 3. The Labute approximate surface area is 191 Å². The fraction of sp³-hybridized carbons (Fsp3) is 0.333. The Morgan fingerprint density at radius 1 is 1.03 bits per heavy atom. The van der Waals surface area contributed by atoms with Crippen LogP contribution in [0.5, 0.6) is 11.5 Å². The Morgan fingerprint density at radius 3 is 2.30 bits per heavy atom. The molecule has 0 aliphatic rings. The lowest BCUT2D eigenvalue weighted by molar-refractivity contribution is 0.0939. The van der Waals surface area contributed by atoms with Crippen molar-refractivity contribution in [3.05, 3.63) is 80.1 Å². The minimum absolute atomic E-state index is 0.00177. The van der Waals surface area contributed by atoms with Crippen LogP contribution in [0, 0.1) is 12.8 Å². The molecule has 9 heteroatoms. The molecule has 0 aliphatic heterocycles. The van der Waals surface area contributed by atoms with E-state index in [1.807, 2.05) is 45.0 Å². The molecule has 33 heavy (non-hydrogen) atoms. The van der Waals surface area contributed by atoms with Crippen molar-refractivity contribution in [3.8, 4) is 17.2 Å². The molecule has 3 rings (SSSR count). The lowest BCUT2D eigenvalue weighted by Gasteiger charge is -2.14. The lowest BCUT2D eigenvalue weighted by Crippen LogP contribution is -2.46. The van der Waals surface area contributed by atoms with Crippen molar-refractivity contribution in [1.29, 1.82) is 0 Å². The number of methoxy groups -OCH3 is 2. The summed E-state index contributed by atoms with van der Waals surface area (Å²) in [7, 11) is 2.97. The third-order valence-corrected chi connectivity index (χ3v) is 5.02. The summed E-state index contributed by atoms with van der Waals surface area (Å²) in [6.07, 6.45) is 0. The second-order valence-electron chi connectivity index (χ2n) is 8.06. The molecule has 3 aromatic rings. The van der Waals surface area contributed by atoms with E-state index in [2.05, 4.69) is 10.4 Å². The predicted molar refractivity (Wildman–Crippen MR) is 125 cm³/mol. The first-order valence-corrected chi connectivity index (χ1v) is 10.6. The number of ether oxygens (including phenoxy) is 2. The van der Waals surface area contributed by atoms with Crippen LogP contribution in [0.25, 0.3) is 5.69 Å². The quantitative estimate of drug-likeness (QED) is 0.562. The number of hydrogen-bond acceptors (Lipinski definition) is 6. The Hall–Kier alpha value is -3.88. The highest BCUT2D eigenvalue weighted by molar-refractivity contribution is 5.91. The monoisotopic (exact) mass is 452 g/mol. The Kier molecular flexibility index (Phi) is 7.32. The first kappa shape index (κ1) is 23.8. The number of amides is 1. The van der Waals surface area contributed by atoms with E-state index >= 15 is 0 Å². The van der Waals surface area contributed by atoms with Crippen molar-refractivity contribution in [2.75, 3.05) is 20.8 Å². The molecule has 1 aromatic heterocycles. The van der Waals surface area contributed by atoms with E-state index in [9.17, 15) is 14.4 Å². The van der Waals surface area contributed by atoms with Gasteiger partial charge in [0.1, 0.15) is 0 Å². The maximum absolute atomic E-state index is 13.3. The summed E-state index contributed by atoms with van der Waals surface area (Å²) in [6, 6.07) is 12.2. The van der Waals surface area contributed by atoms with Crippen LogP contribution in [0.3, 0.4) is 0 Å². The highest BCUT2D eigenvalue weighted by atomic mass is 16.5. The Balaban J connectivity index is 2.19. The van der Waals surface area contributed by atoms with Gasteiger partial charge in [-0.05, 0) is 30.5 Å². The first-order valence-electron chi connectivity index (χ1n) is 10.6. The smallest absolute Gasteiger partial charge is 0.352 e. The van der Waals surface area contributed by atoms with Crippen LogP contribution in [0.15, 0.2) is 52.1 Å². The van der Waals surface area contributed by atoms with Crippen molar-refractivity contribution < 1.29 is 14.3 Å². The molecular weight excluding hydrogens is 424 g/mol. The average molecular weight is 453 g/mol. The molecule has 0 radical (unpaired) electrons. The summed E-state index contributed by atoms with van der Waals surface area (Å²) in [5.41, 5.74) is 0.341. The molecule has 1 amide bonds. The highest BCUT2D eigenvalue weighted by Gasteiger charge is 2.21. The van der Waals surface area contributed by atoms with Crippen LogP contribution < -0.4 is 26.0 Å². The number of rotatable bonds is 8. The number of nitrogens with one attached hydrogen (secondary N) is 1. The van der Waals surface area contributed by atoms with Gasteiger partial charge in [-0.1, -0.05) is 43.7 Å². The van der Waals surface area contributed by atoms with Crippen LogP contribution in [-0.2, 0) is 6.54 Å². The van der Waals surface area contributed by atoms with Gasteiger partial charge in [-0.3, -0.25) is 14.2 Å². The molecule has 0 bridgehead atoms. The number of aryl methyl sites for hydroxylation is 1. The molecule has 0 unspecified atom stereocenters. The minimum atomic E-state index is -0.751. The molecule has 9 nitrogen and oxygen atoms in total. The van der Waals surface area contributed by atoms with Gasteiger partial charge in [0.15, 0.2) is 11.5 Å². The van der Waals surface area contributed by atoms with Crippen LogP contribution in [0.4, 0.5) is 0 Å². The molecule has 0 saturated heterocycles. The van der Waals surface area contributed by atoms with E-state index in [4.69, 9.17) is 9.47 Å². The van der Waals surface area contributed by atoms with Crippen LogP contribution in [-0.4, -0.2) is 41.0 Å². The van der Waals surface area contributed by atoms with E-state index in [1.165, 1.54) is 14.2 Å². The lowest BCUT2D eigenvalue weighted by atomic mass is 10.1. The summed E-state index contributed by atoms with van der Waals surface area (Å²) in [4.78, 5) is 39.2. The van der Waals surface area contributed by atoms with Gasteiger partial charge in [-0.25, -0.2) is 4.79 Å². The summed E-state index contributed by atoms with van der Waals surface area (Å²) in [6.45, 7) is 6.19. The molecule has 0 saturated carbocycles. The van der Waals surface area contributed by atoms with Crippen LogP contribution in [0.1, 0.15) is 35.5 Å². The number of benzene rings is 2. The van der Waals surface area contributed by atoms with Gasteiger partial charge in [-0.2, -0.15) is 9.78 Å². The number of carbonyl (C=O) groups is 1. The second-order valence-corrected chi connectivity index (χ2v) is 8.06. The first-order chi connectivity index (χ1) is 15.7. The van der Waals surface area contributed by atoms with Gasteiger partial charge in [-0.15, -0.1) is 0 Å². The number of carbonyl (C=O) groups excluding carboxylic acids is 1. The topological polar surface area (TPSA) is 104 Å². The predicted octanol–water partition coefficient (Wildman–Crippen LogP) is 2.15. The molecule has 1 N–H and O–H groups in total. The van der Waals surface area contributed by atoms with E-state index in [-0.39, 0.29) is 18.2 Å². The van der Waals surface area contributed by atoms with Crippen molar-refractivity contribution in [2.45, 2.75) is 27.3 Å². The van der Waals surface area contributed by atoms with Gasteiger partial charge < -0.3 is 14.8 Å². The molecular formula is C24H28N4O5. The molecule has 0 fully saturated rings. The molecule has 174 valence electrons. The normalized spacial score (nSPS) is 10.8. The standard InChI is InChI=1S/C24H28N4O5/c1-15(2)13-25-22(29)21-23(30)27(14-17-8-6-16(3)7-9-17)24(31)28(26-21)18-10-11-19(32-4)20(12-18)33-5/h6-12,15H,13-14H2,1-5H3,(H,25,29). The van der Waals surface area contributed by atoms with Gasteiger partial charge in [0.25, 0.3) is 11.5 Å². The largest absolute Gasteiger partial charge is 0.493 e. The third-order valence-electron chi connectivity index (χ3n) is 5.02. The number of nitrogens with zero attached hydrogens (tertiary/aromatic N) is 3. The van der Waals surface area contributed by atoms with E-state index in [0.717, 1.165) is 20.4 Å².